The van der Waals surface area contributed by atoms with Crippen molar-refractivity contribution in [1.29, 1.82) is 0 Å². The fourth-order valence-electron chi connectivity index (χ4n) is 4.23. The molecule has 0 radical (unpaired) electrons. The third kappa shape index (κ3) is 5.41. The predicted octanol–water partition coefficient (Wildman–Crippen LogP) is 4.42. The number of aliphatic hydroxyl groups excluding tert-OH is 1. The number of nitrogens with zero attached hydrogens (tertiary/aromatic N) is 2. The first-order chi connectivity index (χ1) is 15.6. The number of nitro groups is 1. The number of rotatable bonds is 10. The minimum atomic E-state index is -1.11. The summed E-state index contributed by atoms with van der Waals surface area (Å²) < 4.78 is 0. The van der Waals surface area contributed by atoms with Crippen LogP contribution in [-0.2, 0) is 19.5 Å². The van der Waals surface area contributed by atoms with E-state index in [1.165, 1.54) is 0 Å². The molecule has 0 bridgehead atoms. The van der Waals surface area contributed by atoms with E-state index < -0.39 is 23.6 Å². The Labute approximate surface area is 187 Å². The van der Waals surface area contributed by atoms with Gasteiger partial charge in [-0.25, -0.2) is 0 Å². The van der Waals surface area contributed by atoms with E-state index in [9.17, 15) is 15.2 Å². The quantitative estimate of drug-likeness (QED) is 0.289. The van der Waals surface area contributed by atoms with E-state index >= 15 is 0 Å². The lowest BCUT2D eigenvalue weighted by Crippen LogP contribution is -2.47. The number of fused-ring (bicyclic) bond motifs is 1. The molecule has 0 saturated heterocycles. The van der Waals surface area contributed by atoms with Crippen molar-refractivity contribution < 1.29 is 10.0 Å². The van der Waals surface area contributed by atoms with Crippen LogP contribution < -0.4 is 0 Å². The van der Waals surface area contributed by atoms with Gasteiger partial charge in [0, 0.05) is 41.2 Å². The standard InChI is InChI=1S/C26H27N3O3/c30-26(19-29(31)32)25(15-22-16-27-24-14-8-7-13-23(22)24)28(17-20-9-3-1-4-10-20)18-21-11-5-2-6-12-21/h1-14,16,25-27,30H,15,17-19H2/t25-,26+/m0/s1. The van der Waals surface area contributed by atoms with E-state index in [0.717, 1.165) is 27.6 Å². The van der Waals surface area contributed by atoms with E-state index in [4.69, 9.17) is 0 Å². The van der Waals surface area contributed by atoms with Crippen molar-refractivity contribution in [3.63, 3.8) is 0 Å². The maximum atomic E-state index is 11.3. The van der Waals surface area contributed by atoms with Gasteiger partial charge in [0.15, 0.2) is 0 Å². The number of H-pyrrole nitrogens is 1. The second-order valence-electron chi connectivity index (χ2n) is 8.09. The highest BCUT2D eigenvalue weighted by atomic mass is 16.6. The molecule has 3 aromatic carbocycles. The summed E-state index contributed by atoms with van der Waals surface area (Å²) in [5.74, 6) is 0. The Hall–Kier alpha value is -3.48. The normalized spacial score (nSPS) is 13.3. The SMILES string of the molecule is O=[N+]([O-])C[C@@H](O)[C@H](Cc1c[nH]c2ccccc12)N(Cc1ccccc1)Cc1ccccc1. The van der Waals surface area contributed by atoms with Crippen molar-refractivity contribution in [3.05, 3.63) is 118 Å². The van der Waals surface area contributed by atoms with Crippen molar-refractivity contribution >= 4 is 10.9 Å². The van der Waals surface area contributed by atoms with Crippen LogP contribution in [0.4, 0.5) is 0 Å². The third-order valence-electron chi connectivity index (χ3n) is 5.81. The minimum Gasteiger partial charge on any atom is -0.385 e. The lowest BCUT2D eigenvalue weighted by atomic mass is 9.97. The Morgan fingerprint density at radius 2 is 1.44 bits per heavy atom. The van der Waals surface area contributed by atoms with Gasteiger partial charge in [-0.05, 0) is 29.2 Å². The number of aromatic nitrogens is 1. The molecule has 2 atom stereocenters. The van der Waals surface area contributed by atoms with Crippen LogP contribution in [-0.4, -0.2) is 38.6 Å². The largest absolute Gasteiger partial charge is 0.385 e. The third-order valence-corrected chi connectivity index (χ3v) is 5.81. The molecule has 6 heteroatoms. The van der Waals surface area contributed by atoms with Crippen molar-refractivity contribution in [2.45, 2.75) is 31.7 Å². The fraction of sp³-hybridized carbons (Fsp3) is 0.231. The van der Waals surface area contributed by atoms with Gasteiger partial charge in [0.25, 0.3) is 0 Å². The van der Waals surface area contributed by atoms with Gasteiger partial charge in [-0.2, -0.15) is 0 Å². The number of hydrogen-bond donors (Lipinski definition) is 2. The molecule has 0 aliphatic carbocycles. The van der Waals surface area contributed by atoms with E-state index in [1.807, 2.05) is 91.1 Å². The summed E-state index contributed by atoms with van der Waals surface area (Å²) in [6.07, 6.45) is 1.34. The molecular formula is C26H27N3O3. The zero-order valence-electron chi connectivity index (χ0n) is 17.8. The van der Waals surface area contributed by atoms with Gasteiger partial charge < -0.3 is 10.1 Å². The van der Waals surface area contributed by atoms with Crippen LogP contribution in [0.2, 0.25) is 0 Å². The Morgan fingerprint density at radius 3 is 2.03 bits per heavy atom. The van der Waals surface area contributed by atoms with Crippen LogP contribution >= 0.6 is 0 Å². The van der Waals surface area contributed by atoms with Gasteiger partial charge in [0.05, 0.1) is 0 Å². The van der Waals surface area contributed by atoms with Gasteiger partial charge in [0.1, 0.15) is 6.10 Å². The number of aromatic amines is 1. The lowest BCUT2D eigenvalue weighted by molar-refractivity contribution is -0.492. The zero-order chi connectivity index (χ0) is 22.3. The van der Waals surface area contributed by atoms with Crippen molar-refractivity contribution in [3.8, 4) is 0 Å². The van der Waals surface area contributed by atoms with Crippen LogP contribution in [0, 0.1) is 10.1 Å². The summed E-state index contributed by atoms with van der Waals surface area (Å²) >= 11 is 0. The number of hydrogen-bond acceptors (Lipinski definition) is 4. The van der Waals surface area contributed by atoms with E-state index in [1.54, 1.807) is 0 Å². The van der Waals surface area contributed by atoms with Crippen molar-refractivity contribution in [2.75, 3.05) is 6.54 Å². The lowest BCUT2D eigenvalue weighted by Gasteiger charge is -2.34. The first kappa shape index (κ1) is 21.7. The molecule has 4 aromatic rings. The van der Waals surface area contributed by atoms with Gasteiger partial charge in [-0.15, -0.1) is 0 Å². The summed E-state index contributed by atoms with van der Waals surface area (Å²) in [5, 5.41) is 23.3. The van der Waals surface area contributed by atoms with Crippen LogP contribution in [0.15, 0.2) is 91.1 Å². The number of nitrogens with one attached hydrogen (secondary N) is 1. The maximum Gasteiger partial charge on any atom is 0.230 e. The molecule has 0 aliphatic rings. The second-order valence-corrected chi connectivity index (χ2v) is 8.09. The number of aliphatic hydroxyl groups is 1. The van der Waals surface area contributed by atoms with Crippen LogP contribution in [0.5, 0.6) is 0 Å². The first-order valence-corrected chi connectivity index (χ1v) is 10.8. The van der Waals surface area contributed by atoms with E-state index in [0.29, 0.717) is 19.5 Å². The van der Waals surface area contributed by atoms with E-state index in [2.05, 4.69) is 9.88 Å². The smallest absolute Gasteiger partial charge is 0.230 e. The molecule has 0 fully saturated rings. The van der Waals surface area contributed by atoms with Crippen LogP contribution in [0.3, 0.4) is 0 Å². The molecule has 0 saturated carbocycles. The topological polar surface area (TPSA) is 82.4 Å². The highest BCUT2D eigenvalue weighted by Crippen LogP contribution is 2.24. The van der Waals surface area contributed by atoms with Crippen molar-refractivity contribution in [2.24, 2.45) is 0 Å². The minimum absolute atomic E-state index is 0.431. The van der Waals surface area contributed by atoms with Gasteiger partial charge in [-0.1, -0.05) is 78.9 Å². The summed E-state index contributed by atoms with van der Waals surface area (Å²) in [4.78, 5) is 16.3. The summed E-state index contributed by atoms with van der Waals surface area (Å²) in [7, 11) is 0. The molecule has 164 valence electrons. The average Bonchev–Trinajstić information content (AvgIpc) is 3.21. The Balaban J connectivity index is 1.69. The Morgan fingerprint density at radius 1 is 0.875 bits per heavy atom. The first-order valence-electron chi connectivity index (χ1n) is 10.8. The monoisotopic (exact) mass is 429 g/mol. The summed E-state index contributed by atoms with van der Waals surface area (Å²) in [6.45, 7) is 0.669. The predicted molar refractivity (Wildman–Crippen MR) is 126 cm³/mol. The molecule has 0 aliphatic heterocycles. The molecule has 1 heterocycles. The summed E-state index contributed by atoms with van der Waals surface area (Å²) in [5.41, 5.74) is 4.25. The van der Waals surface area contributed by atoms with Gasteiger partial charge in [0.2, 0.25) is 6.54 Å². The molecule has 0 unspecified atom stereocenters. The maximum absolute atomic E-state index is 11.3. The average molecular weight is 430 g/mol. The molecule has 1 aromatic heterocycles. The number of benzene rings is 3. The van der Waals surface area contributed by atoms with Crippen LogP contribution in [0.1, 0.15) is 16.7 Å². The fourth-order valence-corrected chi connectivity index (χ4v) is 4.23. The summed E-state index contributed by atoms with van der Waals surface area (Å²) in [6, 6.07) is 27.6. The highest BCUT2D eigenvalue weighted by Gasteiger charge is 2.31. The highest BCUT2D eigenvalue weighted by molar-refractivity contribution is 5.83. The zero-order valence-corrected chi connectivity index (χ0v) is 17.8. The Kier molecular flexibility index (Phi) is 6.94. The molecular weight excluding hydrogens is 402 g/mol. The second kappa shape index (κ2) is 10.2. The van der Waals surface area contributed by atoms with Crippen LogP contribution in [0.25, 0.3) is 10.9 Å². The molecule has 0 spiro atoms. The molecule has 4 rings (SSSR count). The molecule has 0 amide bonds. The van der Waals surface area contributed by atoms with Gasteiger partial charge in [-0.3, -0.25) is 15.0 Å². The number of para-hydroxylation sites is 1. The molecule has 2 N–H and O–H groups in total. The molecule has 6 nitrogen and oxygen atoms in total. The van der Waals surface area contributed by atoms with Crippen molar-refractivity contribution in [1.82, 2.24) is 9.88 Å². The Bertz CT molecular complexity index is 1100. The van der Waals surface area contributed by atoms with Gasteiger partial charge >= 0.3 is 0 Å². The molecule has 32 heavy (non-hydrogen) atoms. The van der Waals surface area contributed by atoms with E-state index in [-0.39, 0.29) is 0 Å².